The van der Waals surface area contributed by atoms with Crippen molar-refractivity contribution >= 4 is 0 Å². The molecule has 0 radical (unpaired) electrons. The van der Waals surface area contributed by atoms with Crippen LogP contribution in [0.1, 0.15) is 12.8 Å². The van der Waals surface area contributed by atoms with Crippen molar-refractivity contribution in [3.8, 4) is 0 Å². The summed E-state index contributed by atoms with van der Waals surface area (Å²) >= 11 is 0. The van der Waals surface area contributed by atoms with Crippen LogP contribution in [0.3, 0.4) is 0 Å². The van der Waals surface area contributed by atoms with Gasteiger partial charge in [-0.05, 0) is 6.42 Å². The van der Waals surface area contributed by atoms with Gasteiger partial charge >= 0.3 is 0 Å². The van der Waals surface area contributed by atoms with E-state index in [0.717, 1.165) is 19.4 Å². The summed E-state index contributed by atoms with van der Waals surface area (Å²) in [6.45, 7) is 0.819. The Morgan fingerprint density at radius 1 is 1.55 bits per heavy atom. The van der Waals surface area contributed by atoms with Crippen LogP contribution in [0, 0.1) is 0 Å². The zero-order valence-electron chi connectivity index (χ0n) is 6.36. The van der Waals surface area contributed by atoms with Gasteiger partial charge in [0.25, 0.3) is 0 Å². The summed E-state index contributed by atoms with van der Waals surface area (Å²) in [5.41, 5.74) is -0.629. The van der Waals surface area contributed by atoms with Gasteiger partial charge in [-0.1, -0.05) is 24.3 Å². The van der Waals surface area contributed by atoms with E-state index in [1.165, 1.54) is 0 Å². The molecule has 0 bridgehead atoms. The molecular formula is C9H12O2. The van der Waals surface area contributed by atoms with E-state index in [4.69, 9.17) is 4.74 Å². The first-order valence-corrected chi connectivity index (χ1v) is 3.97. The summed E-state index contributed by atoms with van der Waals surface area (Å²) in [4.78, 5) is 0. The number of hydrogen-bond donors (Lipinski definition) is 1. The van der Waals surface area contributed by atoms with Gasteiger partial charge in [0.05, 0.1) is 18.3 Å². The van der Waals surface area contributed by atoms with Crippen LogP contribution in [0.2, 0.25) is 0 Å². The highest BCUT2D eigenvalue weighted by molar-refractivity contribution is 5.18. The molecule has 2 atom stereocenters. The lowest BCUT2D eigenvalue weighted by Gasteiger charge is -2.23. The third kappa shape index (κ3) is 1.70. The second kappa shape index (κ2) is 2.47. The van der Waals surface area contributed by atoms with Gasteiger partial charge in [-0.15, -0.1) is 0 Å². The van der Waals surface area contributed by atoms with Crippen molar-refractivity contribution in [2.24, 2.45) is 0 Å². The molecule has 11 heavy (non-hydrogen) atoms. The molecule has 1 saturated heterocycles. The molecule has 2 nitrogen and oxygen atoms in total. The highest BCUT2D eigenvalue weighted by Gasteiger charge is 2.34. The smallest absolute Gasteiger partial charge is 0.0890 e. The minimum atomic E-state index is -0.629. The molecule has 2 unspecified atom stereocenters. The molecule has 2 heteroatoms. The molecule has 0 saturated carbocycles. The Kier molecular flexibility index (Phi) is 1.59. The van der Waals surface area contributed by atoms with Crippen LogP contribution in [0.4, 0.5) is 0 Å². The van der Waals surface area contributed by atoms with Gasteiger partial charge in [-0.2, -0.15) is 0 Å². The number of ether oxygens (including phenoxy) is 1. The van der Waals surface area contributed by atoms with E-state index in [1.54, 1.807) is 0 Å². The molecule has 0 aromatic heterocycles. The summed E-state index contributed by atoms with van der Waals surface area (Å²) in [7, 11) is 0. The Labute approximate surface area is 66.2 Å². The normalized spacial score (nSPS) is 41.0. The predicted octanol–water partition coefficient (Wildman–Crippen LogP) is 1.02. The number of epoxide rings is 1. The molecule has 0 amide bonds. The molecule has 2 rings (SSSR count). The Bertz CT molecular complexity index is 204. The van der Waals surface area contributed by atoms with Gasteiger partial charge < -0.3 is 9.84 Å². The first kappa shape index (κ1) is 7.07. The molecule has 1 aliphatic heterocycles. The van der Waals surface area contributed by atoms with Crippen LogP contribution in [0.5, 0.6) is 0 Å². The minimum Gasteiger partial charge on any atom is -0.385 e. The Balaban J connectivity index is 1.97. The maximum absolute atomic E-state index is 9.86. The van der Waals surface area contributed by atoms with E-state index in [0.29, 0.717) is 6.10 Å². The molecule has 1 N–H and O–H groups in total. The van der Waals surface area contributed by atoms with Gasteiger partial charge in [0, 0.05) is 6.42 Å². The SMILES string of the molecule is OC1(CC2CO2)C=CC=CC1. The van der Waals surface area contributed by atoms with E-state index >= 15 is 0 Å². The largest absolute Gasteiger partial charge is 0.385 e. The van der Waals surface area contributed by atoms with Gasteiger partial charge in [0.1, 0.15) is 0 Å². The molecule has 0 spiro atoms. The topological polar surface area (TPSA) is 32.8 Å². The first-order chi connectivity index (χ1) is 5.29. The highest BCUT2D eigenvalue weighted by Crippen LogP contribution is 2.28. The molecule has 1 aliphatic carbocycles. The second-order valence-electron chi connectivity index (χ2n) is 3.25. The maximum atomic E-state index is 9.86. The van der Waals surface area contributed by atoms with Crippen LogP contribution in [-0.4, -0.2) is 23.4 Å². The van der Waals surface area contributed by atoms with Crippen molar-refractivity contribution in [3.63, 3.8) is 0 Å². The van der Waals surface area contributed by atoms with Crippen molar-refractivity contribution in [2.75, 3.05) is 6.61 Å². The lowest BCUT2D eigenvalue weighted by atomic mass is 9.91. The predicted molar refractivity (Wildman–Crippen MR) is 42.2 cm³/mol. The molecule has 1 heterocycles. The number of allylic oxidation sites excluding steroid dienone is 2. The standard InChI is InChI=1S/C9H12O2/c10-9(6-8-7-11-8)4-2-1-3-5-9/h1-4,8,10H,5-7H2. The molecular weight excluding hydrogens is 140 g/mol. The molecule has 1 fully saturated rings. The fraction of sp³-hybridized carbons (Fsp3) is 0.556. The van der Waals surface area contributed by atoms with Crippen LogP contribution in [0.25, 0.3) is 0 Å². The summed E-state index contributed by atoms with van der Waals surface area (Å²) in [5.74, 6) is 0. The number of hydrogen-bond acceptors (Lipinski definition) is 2. The summed E-state index contributed by atoms with van der Waals surface area (Å²) in [5, 5.41) is 9.86. The van der Waals surface area contributed by atoms with Crippen LogP contribution < -0.4 is 0 Å². The molecule has 0 aromatic rings. The van der Waals surface area contributed by atoms with Crippen LogP contribution in [0.15, 0.2) is 24.3 Å². The third-order valence-corrected chi connectivity index (χ3v) is 2.11. The van der Waals surface area contributed by atoms with Crippen LogP contribution >= 0.6 is 0 Å². The van der Waals surface area contributed by atoms with E-state index in [2.05, 4.69) is 0 Å². The van der Waals surface area contributed by atoms with Crippen molar-refractivity contribution in [1.29, 1.82) is 0 Å². The van der Waals surface area contributed by atoms with Gasteiger partial charge in [0.15, 0.2) is 0 Å². The van der Waals surface area contributed by atoms with Gasteiger partial charge in [-0.25, -0.2) is 0 Å². The average molecular weight is 152 g/mol. The average Bonchev–Trinajstić information content (AvgIpc) is 2.72. The van der Waals surface area contributed by atoms with E-state index in [-0.39, 0.29) is 0 Å². The number of rotatable bonds is 2. The van der Waals surface area contributed by atoms with Gasteiger partial charge in [-0.3, -0.25) is 0 Å². The summed E-state index contributed by atoms with van der Waals surface area (Å²) in [6.07, 6.45) is 9.47. The van der Waals surface area contributed by atoms with Crippen molar-refractivity contribution in [2.45, 2.75) is 24.5 Å². The highest BCUT2D eigenvalue weighted by atomic mass is 16.6. The summed E-state index contributed by atoms with van der Waals surface area (Å²) < 4.78 is 5.06. The van der Waals surface area contributed by atoms with Crippen molar-refractivity contribution in [3.05, 3.63) is 24.3 Å². The van der Waals surface area contributed by atoms with E-state index < -0.39 is 5.60 Å². The third-order valence-electron chi connectivity index (χ3n) is 2.11. The number of aliphatic hydroxyl groups is 1. The van der Waals surface area contributed by atoms with Crippen molar-refractivity contribution in [1.82, 2.24) is 0 Å². The summed E-state index contributed by atoms with van der Waals surface area (Å²) in [6, 6.07) is 0. The quantitative estimate of drug-likeness (QED) is 0.599. The Morgan fingerprint density at radius 3 is 2.91 bits per heavy atom. The Morgan fingerprint density at radius 2 is 2.36 bits per heavy atom. The van der Waals surface area contributed by atoms with E-state index in [9.17, 15) is 5.11 Å². The lowest BCUT2D eigenvalue weighted by molar-refractivity contribution is 0.0744. The molecule has 60 valence electrons. The van der Waals surface area contributed by atoms with Crippen molar-refractivity contribution < 1.29 is 9.84 Å². The fourth-order valence-corrected chi connectivity index (χ4v) is 1.38. The van der Waals surface area contributed by atoms with Crippen LogP contribution in [-0.2, 0) is 4.74 Å². The minimum absolute atomic E-state index is 0.302. The maximum Gasteiger partial charge on any atom is 0.0890 e. The Hall–Kier alpha value is -0.600. The zero-order chi connectivity index (χ0) is 7.73. The molecule has 0 aromatic carbocycles. The van der Waals surface area contributed by atoms with Gasteiger partial charge in [0.2, 0.25) is 0 Å². The van der Waals surface area contributed by atoms with E-state index in [1.807, 2.05) is 24.3 Å². The second-order valence-corrected chi connectivity index (χ2v) is 3.25. The first-order valence-electron chi connectivity index (χ1n) is 3.97. The monoisotopic (exact) mass is 152 g/mol. The fourth-order valence-electron chi connectivity index (χ4n) is 1.38. The lowest BCUT2D eigenvalue weighted by Crippen LogP contribution is -2.28. The zero-order valence-corrected chi connectivity index (χ0v) is 6.36. The molecule has 2 aliphatic rings.